The summed E-state index contributed by atoms with van der Waals surface area (Å²) in [4.78, 5) is 2.45. The molecule has 0 saturated carbocycles. The zero-order valence-corrected chi connectivity index (χ0v) is 37.1. The summed E-state index contributed by atoms with van der Waals surface area (Å²) in [5, 5.41) is 4.28. The van der Waals surface area contributed by atoms with E-state index >= 15 is 0 Å². The molecule has 0 spiro atoms. The molecule has 14 rings (SSSR count). The van der Waals surface area contributed by atoms with Crippen molar-refractivity contribution < 1.29 is 8.83 Å². The normalized spacial score (nSPS) is 14.1. The highest BCUT2D eigenvalue weighted by atomic mass is 16.3. The molecule has 2 aliphatic rings. The van der Waals surface area contributed by atoms with Crippen molar-refractivity contribution >= 4 is 60.9 Å². The van der Waals surface area contributed by atoms with Crippen molar-refractivity contribution in [1.82, 2.24) is 0 Å². The van der Waals surface area contributed by atoms with Crippen molar-refractivity contribution in [3.05, 3.63) is 258 Å². The maximum atomic E-state index is 7.26. The lowest BCUT2D eigenvalue weighted by atomic mass is 9.67. The molecule has 0 atom stereocenters. The average Bonchev–Trinajstić information content (AvgIpc) is 4.10. The van der Waals surface area contributed by atoms with Gasteiger partial charge in [-0.1, -0.05) is 178 Å². The highest BCUT2D eigenvalue weighted by Gasteiger charge is 2.46. The molecule has 67 heavy (non-hydrogen) atoms. The molecule has 0 aliphatic heterocycles. The third kappa shape index (κ3) is 5.23. The number of para-hydroxylation sites is 2. The molecular weight excluding hydrogens is 815 g/mol. The lowest BCUT2D eigenvalue weighted by Gasteiger charge is -2.35. The second-order valence-electron chi connectivity index (χ2n) is 18.7. The maximum Gasteiger partial charge on any atom is 0.145 e. The largest absolute Gasteiger partial charge is 0.456 e. The van der Waals surface area contributed by atoms with E-state index in [0.29, 0.717) is 0 Å². The third-order valence-corrected chi connectivity index (χ3v) is 14.9. The number of furan rings is 2. The van der Waals surface area contributed by atoms with E-state index in [9.17, 15) is 0 Å². The monoisotopic (exact) mass is 857 g/mol. The van der Waals surface area contributed by atoms with E-state index in [2.05, 4.69) is 237 Å². The van der Waals surface area contributed by atoms with Crippen LogP contribution in [0.1, 0.15) is 47.2 Å². The summed E-state index contributed by atoms with van der Waals surface area (Å²) in [5.74, 6) is 0. The van der Waals surface area contributed by atoms with E-state index in [4.69, 9.17) is 8.83 Å². The van der Waals surface area contributed by atoms with Gasteiger partial charge in [-0.3, -0.25) is 0 Å². The van der Waals surface area contributed by atoms with E-state index in [1.807, 2.05) is 6.07 Å². The molecule has 316 valence electrons. The Morgan fingerprint density at radius 1 is 0.373 bits per heavy atom. The minimum Gasteiger partial charge on any atom is -0.456 e. The third-order valence-electron chi connectivity index (χ3n) is 14.9. The minimum atomic E-state index is -0.558. The first kappa shape index (κ1) is 37.9. The summed E-state index contributed by atoms with van der Waals surface area (Å²) in [6, 6.07) is 82.0. The van der Waals surface area contributed by atoms with Gasteiger partial charge in [-0.2, -0.15) is 0 Å². The zero-order chi connectivity index (χ0) is 44.4. The van der Waals surface area contributed by atoms with Crippen LogP contribution in [-0.4, -0.2) is 0 Å². The second kappa shape index (κ2) is 14.1. The lowest BCUT2D eigenvalue weighted by Crippen LogP contribution is -2.28. The molecule has 0 amide bonds. The first-order valence-corrected chi connectivity index (χ1v) is 23.2. The van der Waals surface area contributed by atoms with Crippen molar-refractivity contribution in [1.29, 1.82) is 0 Å². The van der Waals surface area contributed by atoms with Crippen LogP contribution >= 0.6 is 0 Å². The number of hydrogen-bond donors (Lipinski definition) is 0. The van der Waals surface area contributed by atoms with Crippen molar-refractivity contribution in [2.75, 3.05) is 4.90 Å². The number of rotatable bonds is 6. The van der Waals surface area contributed by atoms with Crippen LogP contribution in [0.3, 0.4) is 0 Å². The van der Waals surface area contributed by atoms with E-state index < -0.39 is 5.41 Å². The molecule has 12 aromatic rings. The Bertz CT molecular complexity index is 3910. The second-order valence-corrected chi connectivity index (χ2v) is 18.7. The summed E-state index contributed by atoms with van der Waals surface area (Å²) in [5.41, 5.74) is 20.7. The van der Waals surface area contributed by atoms with Gasteiger partial charge in [0.05, 0.1) is 11.1 Å². The molecule has 3 heteroatoms. The first-order chi connectivity index (χ1) is 33.0. The van der Waals surface area contributed by atoms with Gasteiger partial charge in [-0.25, -0.2) is 0 Å². The number of fused-ring (bicyclic) bond motifs is 13. The summed E-state index contributed by atoms with van der Waals surface area (Å²) in [6.07, 6.45) is 0. The van der Waals surface area contributed by atoms with Crippen LogP contribution in [-0.2, 0) is 10.8 Å². The summed E-state index contributed by atoms with van der Waals surface area (Å²) < 4.78 is 13.7. The fourth-order valence-corrected chi connectivity index (χ4v) is 12.0. The van der Waals surface area contributed by atoms with Gasteiger partial charge < -0.3 is 13.7 Å². The molecule has 2 aromatic heterocycles. The van der Waals surface area contributed by atoms with Crippen molar-refractivity contribution in [3.8, 4) is 33.4 Å². The Kier molecular flexibility index (Phi) is 7.95. The summed E-state index contributed by atoms with van der Waals surface area (Å²) in [6.45, 7) is 4.71. The lowest BCUT2D eigenvalue weighted by molar-refractivity contribution is 0.660. The first-order valence-electron chi connectivity index (χ1n) is 23.2. The average molecular weight is 858 g/mol. The topological polar surface area (TPSA) is 29.5 Å². The summed E-state index contributed by atoms with van der Waals surface area (Å²) >= 11 is 0. The molecule has 0 bridgehead atoms. The fraction of sp³-hybridized carbons (Fsp3) is 0.0625. The van der Waals surface area contributed by atoms with Gasteiger partial charge >= 0.3 is 0 Å². The van der Waals surface area contributed by atoms with Crippen molar-refractivity contribution in [3.63, 3.8) is 0 Å². The molecule has 0 saturated heterocycles. The van der Waals surface area contributed by atoms with E-state index in [0.717, 1.165) is 72.1 Å². The van der Waals surface area contributed by atoms with Gasteiger partial charge in [-0.05, 0) is 122 Å². The Labute approximate surface area is 388 Å². The zero-order valence-electron chi connectivity index (χ0n) is 37.1. The SMILES string of the molecule is CC1(C)c2ccccc2-c2ccc(-c3c(N(c4ccccc4)c4ccc5c(c4)C(c4ccccc4)(c4ccccc4)c4ccccc4-5)ccc4c3oc3ccc5oc6ccccc6c5c34)cc21. The van der Waals surface area contributed by atoms with Gasteiger partial charge in [0.2, 0.25) is 0 Å². The molecule has 0 radical (unpaired) electrons. The molecule has 10 aromatic carbocycles. The Morgan fingerprint density at radius 2 is 0.940 bits per heavy atom. The summed E-state index contributed by atoms with van der Waals surface area (Å²) in [7, 11) is 0. The van der Waals surface area contributed by atoms with Crippen LogP contribution in [0.4, 0.5) is 17.1 Å². The molecular formula is C64H43NO2. The number of nitrogens with zero attached hydrogens (tertiary/aromatic N) is 1. The van der Waals surface area contributed by atoms with E-state index in [1.54, 1.807) is 0 Å². The molecule has 3 nitrogen and oxygen atoms in total. The maximum absolute atomic E-state index is 7.26. The quantitative estimate of drug-likeness (QED) is 0.167. The van der Waals surface area contributed by atoms with Gasteiger partial charge in [0, 0.05) is 43.9 Å². The number of hydrogen-bond acceptors (Lipinski definition) is 3. The minimum absolute atomic E-state index is 0.196. The molecule has 2 heterocycles. The van der Waals surface area contributed by atoms with Crippen LogP contribution in [0.5, 0.6) is 0 Å². The van der Waals surface area contributed by atoms with Crippen molar-refractivity contribution in [2.45, 2.75) is 24.7 Å². The Balaban J connectivity index is 1.08. The van der Waals surface area contributed by atoms with Crippen LogP contribution in [0.15, 0.2) is 233 Å². The van der Waals surface area contributed by atoms with Gasteiger partial charge in [0.25, 0.3) is 0 Å². The van der Waals surface area contributed by atoms with Gasteiger partial charge in [0.15, 0.2) is 0 Å². The predicted molar refractivity (Wildman–Crippen MR) is 276 cm³/mol. The van der Waals surface area contributed by atoms with E-state index in [-0.39, 0.29) is 5.41 Å². The van der Waals surface area contributed by atoms with Gasteiger partial charge in [-0.15, -0.1) is 0 Å². The van der Waals surface area contributed by atoms with E-state index in [1.165, 1.54) is 55.6 Å². The van der Waals surface area contributed by atoms with Crippen LogP contribution < -0.4 is 4.90 Å². The van der Waals surface area contributed by atoms with Crippen LogP contribution in [0.2, 0.25) is 0 Å². The molecule has 0 unspecified atom stereocenters. The predicted octanol–water partition coefficient (Wildman–Crippen LogP) is 17.3. The standard InChI is InChI=1S/C64H43NO2/c1-63(2)51-27-15-12-24-45(51)47-32-30-40(38-53(47)63)59-55(35-34-50-61-58(67-62(50)59)37-36-57-60(61)49-26-14-17-29-56(49)66-57)65(43-22-10-5-11-23-43)44-31-33-48-46-25-13-16-28-52(46)64(54(48)39-44,41-18-6-3-7-19-41)42-20-8-4-9-21-42/h3-39H,1-2H3. The Hall–Kier alpha value is -8.40. The highest BCUT2D eigenvalue weighted by molar-refractivity contribution is 6.27. The smallest absolute Gasteiger partial charge is 0.145 e. The number of benzene rings is 10. The Morgan fingerprint density at radius 3 is 1.69 bits per heavy atom. The van der Waals surface area contributed by atoms with Crippen LogP contribution in [0.25, 0.3) is 77.3 Å². The van der Waals surface area contributed by atoms with Crippen LogP contribution in [0, 0.1) is 0 Å². The fourth-order valence-electron chi connectivity index (χ4n) is 12.0. The molecule has 0 N–H and O–H groups in total. The molecule has 2 aliphatic carbocycles. The highest BCUT2D eigenvalue weighted by Crippen LogP contribution is 2.58. The van der Waals surface area contributed by atoms with Gasteiger partial charge in [0.1, 0.15) is 22.3 Å². The molecule has 0 fully saturated rings. The number of anilines is 3. The van der Waals surface area contributed by atoms with Crippen molar-refractivity contribution in [2.24, 2.45) is 0 Å².